The molecule has 0 bridgehead atoms. The number of hydrogen-bond acceptors (Lipinski definition) is 3. The minimum Gasteiger partial charge on any atom is -0.361 e. The van der Waals surface area contributed by atoms with Gasteiger partial charge in [0, 0.05) is 69.5 Å². The first-order valence-electron chi connectivity index (χ1n) is 10.7. The molecule has 0 amide bonds. The van der Waals surface area contributed by atoms with Crippen LogP contribution in [0.1, 0.15) is 19.4 Å². The first-order valence-corrected chi connectivity index (χ1v) is 10.7. The standard InChI is InChI=1S/C22H35FN6/c1-4-24-22(27-14-17(2)16-29-11-9-28(3)10-12-29)25-8-7-18-15-26-21-13-19(23)5-6-20(18)21/h5-6,13,15,17,26H,4,7-12,14,16H2,1-3H3,(H2,24,25,27). The van der Waals surface area contributed by atoms with Gasteiger partial charge in [0.1, 0.15) is 5.82 Å². The van der Waals surface area contributed by atoms with Gasteiger partial charge in [-0.15, -0.1) is 0 Å². The first-order chi connectivity index (χ1) is 14.0. The van der Waals surface area contributed by atoms with Crippen molar-refractivity contribution in [3.63, 3.8) is 0 Å². The van der Waals surface area contributed by atoms with Crippen molar-refractivity contribution in [1.29, 1.82) is 0 Å². The molecule has 1 aromatic heterocycles. The van der Waals surface area contributed by atoms with Crippen LogP contribution in [-0.4, -0.2) is 80.1 Å². The van der Waals surface area contributed by atoms with Crippen LogP contribution < -0.4 is 10.6 Å². The molecule has 1 aliphatic heterocycles. The summed E-state index contributed by atoms with van der Waals surface area (Å²) in [4.78, 5) is 12.9. The number of nitrogens with one attached hydrogen (secondary N) is 3. The van der Waals surface area contributed by atoms with E-state index in [0.29, 0.717) is 5.92 Å². The number of rotatable bonds is 8. The molecule has 0 aliphatic carbocycles. The lowest BCUT2D eigenvalue weighted by Crippen LogP contribution is -2.46. The van der Waals surface area contributed by atoms with E-state index in [-0.39, 0.29) is 5.82 Å². The summed E-state index contributed by atoms with van der Waals surface area (Å²) in [5, 5.41) is 7.84. The second kappa shape index (κ2) is 10.6. The Kier molecular flexibility index (Phi) is 7.89. The van der Waals surface area contributed by atoms with Crippen molar-refractivity contribution in [2.75, 3.05) is 59.4 Å². The molecular formula is C22H35FN6. The molecule has 1 aliphatic rings. The molecule has 6 nitrogen and oxygen atoms in total. The molecule has 1 aromatic carbocycles. The van der Waals surface area contributed by atoms with E-state index in [2.05, 4.69) is 46.3 Å². The number of guanidine groups is 1. The van der Waals surface area contributed by atoms with Crippen LogP contribution >= 0.6 is 0 Å². The molecule has 2 aromatic rings. The van der Waals surface area contributed by atoms with E-state index in [9.17, 15) is 4.39 Å². The summed E-state index contributed by atoms with van der Waals surface area (Å²) in [5.74, 6) is 1.18. The van der Waals surface area contributed by atoms with E-state index in [1.54, 1.807) is 6.07 Å². The van der Waals surface area contributed by atoms with Crippen molar-refractivity contribution in [1.82, 2.24) is 25.4 Å². The van der Waals surface area contributed by atoms with Crippen LogP contribution in [0.15, 0.2) is 29.4 Å². The predicted octanol–water partition coefficient (Wildman–Crippen LogP) is 2.29. The third kappa shape index (κ3) is 6.44. The number of aliphatic imine (C=N–C) groups is 1. The van der Waals surface area contributed by atoms with Gasteiger partial charge in [-0.05, 0) is 50.1 Å². The summed E-state index contributed by atoms with van der Waals surface area (Å²) < 4.78 is 13.3. The molecule has 0 saturated carbocycles. The first kappa shape index (κ1) is 21.6. The fraction of sp³-hybridized carbons (Fsp3) is 0.591. The highest BCUT2D eigenvalue weighted by Crippen LogP contribution is 2.19. The van der Waals surface area contributed by atoms with Crippen molar-refractivity contribution < 1.29 is 4.39 Å². The highest BCUT2D eigenvalue weighted by Gasteiger charge is 2.16. The zero-order valence-electron chi connectivity index (χ0n) is 18.0. The minimum absolute atomic E-state index is 0.212. The SMILES string of the molecule is CCNC(=NCC(C)CN1CCN(C)CC1)NCCc1c[nH]c2cc(F)ccc12. The highest BCUT2D eigenvalue weighted by molar-refractivity contribution is 5.83. The van der Waals surface area contributed by atoms with Gasteiger partial charge in [-0.2, -0.15) is 0 Å². The number of nitrogens with zero attached hydrogens (tertiary/aromatic N) is 3. The Morgan fingerprint density at radius 1 is 1.24 bits per heavy atom. The van der Waals surface area contributed by atoms with Crippen LogP contribution in [0.4, 0.5) is 4.39 Å². The molecule has 1 unspecified atom stereocenters. The van der Waals surface area contributed by atoms with Gasteiger partial charge < -0.3 is 25.4 Å². The van der Waals surface area contributed by atoms with Crippen LogP contribution in [0, 0.1) is 11.7 Å². The van der Waals surface area contributed by atoms with Gasteiger partial charge in [0.25, 0.3) is 0 Å². The van der Waals surface area contributed by atoms with Gasteiger partial charge in [-0.1, -0.05) is 6.92 Å². The van der Waals surface area contributed by atoms with Crippen LogP contribution in [0.5, 0.6) is 0 Å². The third-order valence-electron chi connectivity index (χ3n) is 5.49. The fourth-order valence-corrected chi connectivity index (χ4v) is 3.80. The maximum Gasteiger partial charge on any atom is 0.191 e. The summed E-state index contributed by atoms with van der Waals surface area (Å²) in [6, 6.07) is 4.90. The van der Waals surface area contributed by atoms with Gasteiger partial charge >= 0.3 is 0 Å². The second-order valence-corrected chi connectivity index (χ2v) is 8.11. The van der Waals surface area contributed by atoms with Gasteiger partial charge in [-0.25, -0.2) is 4.39 Å². The second-order valence-electron chi connectivity index (χ2n) is 8.11. The Labute approximate surface area is 173 Å². The van der Waals surface area contributed by atoms with Crippen molar-refractivity contribution in [3.8, 4) is 0 Å². The Balaban J connectivity index is 1.47. The van der Waals surface area contributed by atoms with E-state index >= 15 is 0 Å². The molecule has 1 saturated heterocycles. The fourth-order valence-electron chi connectivity index (χ4n) is 3.80. The van der Waals surface area contributed by atoms with E-state index in [4.69, 9.17) is 4.99 Å². The van der Waals surface area contributed by atoms with Crippen molar-refractivity contribution in [2.45, 2.75) is 20.3 Å². The molecule has 2 heterocycles. The van der Waals surface area contributed by atoms with Crippen LogP contribution in [-0.2, 0) is 6.42 Å². The zero-order chi connectivity index (χ0) is 20.6. The normalized spacial score (nSPS) is 17.6. The largest absolute Gasteiger partial charge is 0.361 e. The molecule has 160 valence electrons. The van der Waals surface area contributed by atoms with Gasteiger partial charge in [0.15, 0.2) is 5.96 Å². The number of piperazine rings is 1. The minimum atomic E-state index is -0.212. The van der Waals surface area contributed by atoms with Crippen molar-refractivity contribution >= 4 is 16.9 Å². The topological polar surface area (TPSA) is 58.7 Å². The number of H-pyrrole nitrogens is 1. The molecule has 3 N–H and O–H groups in total. The number of hydrogen-bond donors (Lipinski definition) is 3. The smallest absolute Gasteiger partial charge is 0.191 e. The number of likely N-dealkylation sites (N-methyl/N-ethyl adjacent to an activating group) is 1. The van der Waals surface area contributed by atoms with Crippen LogP contribution in [0.2, 0.25) is 0 Å². The molecule has 0 spiro atoms. The van der Waals surface area contributed by atoms with E-state index in [0.717, 1.165) is 75.6 Å². The number of benzene rings is 1. The Bertz CT molecular complexity index is 794. The van der Waals surface area contributed by atoms with Gasteiger partial charge in [0.2, 0.25) is 0 Å². The highest BCUT2D eigenvalue weighted by atomic mass is 19.1. The summed E-state index contributed by atoms with van der Waals surface area (Å²) in [7, 11) is 2.19. The number of fused-ring (bicyclic) bond motifs is 1. The number of aromatic nitrogens is 1. The molecular weight excluding hydrogens is 367 g/mol. The Morgan fingerprint density at radius 3 is 2.79 bits per heavy atom. The molecule has 7 heteroatoms. The lowest BCUT2D eigenvalue weighted by molar-refractivity contribution is 0.140. The van der Waals surface area contributed by atoms with Crippen molar-refractivity contribution in [2.24, 2.45) is 10.9 Å². The summed E-state index contributed by atoms with van der Waals surface area (Å²) in [6.45, 7) is 12.5. The maximum absolute atomic E-state index is 13.3. The lowest BCUT2D eigenvalue weighted by atomic mass is 10.1. The third-order valence-corrected chi connectivity index (χ3v) is 5.49. The quantitative estimate of drug-likeness (QED) is 0.468. The van der Waals surface area contributed by atoms with Gasteiger partial charge in [-0.3, -0.25) is 4.99 Å². The molecule has 0 radical (unpaired) electrons. The number of halogens is 1. The van der Waals surface area contributed by atoms with Crippen molar-refractivity contribution in [3.05, 3.63) is 35.8 Å². The number of aromatic amines is 1. The van der Waals surface area contributed by atoms with E-state index < -0.39 is 0 Å². The molecule has 1 atom stereocenters. The van der Waals surface area contributed by atoms with E-state index in [1.807, 2.05) is 12.3 Å². The predicted molar refractivity (Wildman–Crippen MR) is 119 cm³/mol. The van der Waals surface area contributed by atoms with Gasteiger partial charge in [0.05, 0.1) is 0 Å². The molecule has 1 fully saturated rings. The summed E-state index contributed by atoms with van der Waals surface area (Å²) in [6.07, 6.45) is 2.82. The zero-order valence-corrected chi connectivity index (χ0v) is 18.0. The van der Waals surface area contributed by atoms with Crippen LogP contribution in [0.25, 0.3) is 10.9 Å². The molecule has 29 heavy (non-hydrogen) atoms. The monoisotopic (exact) mass is 402 g/mol. The summed E-state index contributed by atoms with van der Waals surface area (Å²) in [5.41, 5.74) is 2.03. The molecule has 3 rings (SSSR count). The Hall–Kier alpha value is -2.12. The maximum atomic E-state index is 13.3. The van der Waals surface area contributed by atoms with E-state index in [1.165, 1.54) is 11.6 Å². The van der Waals surface area contributed by atoms with Crippen LogP contribution in [0.3, 0.4) is 0 Å². The average Bonchev–Trinajstić information content (AvgIpc) is 3.10. The Morgan fingerprint density at radius 2 is 2.03 bits per heavy atom. The summed E-state index contributed by atoms with van der Waals surface area (Å²) >= 11 is 0. The lowest BCUT2D eigenvalue weighted by Gasteiger charge is -2.33. The average molecular weight is 403 g/mol.